The SMILES string of the molecule is Cc1ccc(I)c(C(=O)N2CCCC(C(=O)O)C2)c1. The van der Waals surface area contributed by atoms with Gasteiger partial charge in [0.25, 0.3) is 5.91 Å². The van der Waals surface area contributed by atoms with E-state index in [1.807, 2.05) is 25.1 Å². The van der Waals surface area contributed by atoms with Crippen LogP contribution in [0.4, 0.5) is 0 Å². The van der Waals surface area contributed by atoms with Crippen molar-refractivity contribution in [3.8, 4) is 0 Å². The van der Waals surface area contributed by atoms with Crippen molar-refractivity contribution >= 4 is 34.5 Å². The molecule has 1 saturated heterocycles. The summed E-state index contributed by atoms with van der Waals surface area (Å²) in [5, 5.41) is 9.07. The monoisotopic (exact) mass is 373 g/mol. The lowest BCUT2D eigenvalue weighted by atomic mass is 9.97. The van der Waals surface area contributed by atoms with E-state index in [1.54, 1.807) is 4.90 Å². The Morgan fingerprint density at radius 2 is 2.16 bits per heavy atom. The smallest absolute Gasteiger partial charge is 0.308 e. The molecule has 4 nitrogen and oxygen atoms in total. The lowest BCUT2D eigenvalue weighted by Gasteiger charge is -2.31. The maximum atomic E-state index is 12.5. The van der Waals surface area contributed by atoms with Crippen LogP contribution in [-0.2, 0) is 4.79 Å². The number of aliphatic carboxylic acids is 1. The molecule has 102 valence electrons. The van der Waals surface area contributed by atoms with Gasteiger partial charge in [0.2, 0.25) is 0 Å². The first-order chi connectivity index (χ1) is 8.99. The van der Waals surface area contributed by atoms with E-state index in [2.05, 4.69) is 22.6 Å². The van der Waals surface area contributed by atoms with Crippen LogP contribution in [0.1, 0.15) is 28.8 Å². The fourth-order valence-corrected chi connectivity index (χ4v) is 2.90. The Morgan fingerprint density at radius 3 is 2.84 bits per heavy atom. The summed E-state index contributed by atoms with van der Waals surface area (Å²) in [6, 6.07) is 5.76. The largest absolute Gasteiger partial charge is 0.481 e. The Bertz CT molecular complexity index is 515. The molecule has 0 radical (unpaired) electrons. The summed E-state index contributed by atoms with van der Waals surface area (Å²) in [6.07, 6.45) is 1.41. The van der Waals surface area contributed by atoms with Crippen molar-refractivity contribution in [2.45, 2.75) is 19.8 Å². The molecule has 0 aliphatic carbocycles. The molecule has 1 aliphatic rings. The standard InChI is InChI=1S/C14H16INO3/c1-9-4-5-12(15)11(7-9)13(17)16-6-2-3-10(8-16)14(18)19/h4-5,7,10H,2-3,6,8H2,1H3,(H,18,19). The Kier molecular flexibility index (Phi) is 4.44. The minimum atomic E-state index is -0.809. The maximum Gasteiger partial charge on any atom is 0.308 e. The molecule has 0 saturated carbocycles. The number of carboxylic acid groups (broad SMARTS) is 1. The summed E-state index contributed by atoms with van der Waals surface area (Å²) >= 11 is 2.14. The zero-order valence-electron chi connectivity index (χ0n) is 10.7. The molecule has 0 spiro atoms. The third-order valence-corrected chi connectivity index (χ3v) is 4.35. The van der Waals surface area contributed by atoms with Gasteiger partial charge in [-0.25, -0.2) is 0 Å². The maximum absolute atomic E-state index is 12.5. The highest BCUT2D eigenvalue weighted by Crippen LogP contribution is 2.21. The third kappa shape index (κ3) is 3.26. The highest BCUT2D eigenvalue weighted by Gasteiger charge is 2.29. The molecule has 1 unspecified atom stereocenters. The average Bonchev–Trinajstić information content (AvgIpc) is 2.41. The van der Waals surface area contributed by atoms with E-state index < -0.39 is 11.9 Å². The molecule has 2 rings (SSSR count). The second-order valence-electron chi connectivity index (χ2n) is 4.91. The molecule has 5 heteroatoms. The molecule has 0 aromatic heterocycles. The summed E-state index contributed by atoms with van der Waals surface area (Å²) in [6.45, 7) is 2.91. The molecule has 0 bridgehead atoms. The van der Waals surface area contributed by atoms with Gasteiger partial charge in [-0.1, -0.05) is 11.6 Å². The van der Waals surface area contributed by atoms with Gasteiger partial charge in [0, 0.05) is 16.7 Å². The zero-order valence-corrected chi connectivity index (χ0v) is 12.9. The molecule has 19 heavy (non-hydrogen) atoms. The van der Waals surface area contributed by atoms with Crippen LogP contribution in [0.15, 0.2) is 18.2 Å². The van der Waals surface area contributed by atoms with Crippen LogP contribution < -0.4 is 0 Å². The van der Waals surface area contributed by atoms with Gasteiger partial charge in [0.05, 0.1) is 11.5 Å². The van der Waals surface area contributed by atoms with Gasteiger partial charge in [0.15, 0.2) is 0 Å². The molecule has 1 amide bonds. The fourth-order valence-electron chi connectivity index (χ4n) is 2.34. The number of halogens is 1. The van der Waals surface area contributed by atoms with Crippen molar-refractivity contribution < 1.29 is 14.7 Å². The number of carbonyl (C=O) groups excluding carboxylic acids is 1. The molecule has 1 heterocycles. The van der Waals surface area contributed by atoms with E-state index in [0.29, 0.717) is 25.1 Å². The summed E-state index contributed by atoms with van der Waals surface area (Å²) in [5.74, 6) is -1.30. The van der Waals surface area contributed by atoms with Crippen LogP contribution in [-0.4, -0.2) is 35.0 Å². The average molecular weight is 373 g/mol. The highest BCUT2D eigenvalue weighted by atomic mass is 127. The first kappa shape index (κ1) is 14.3. The zero-order chi connectivity index (χ0) is 14.0. The quantitative estimate of drug-likeness (QED) is 0.811. The van der Waals surface area contributed by atoms with E-state index in [-0.39, 0.29) is 5.91 Å². The van der Waals surface area contributed by atoms with Crippen LogP contribution in [0.5, 0.6) is 0 Å². The lowest BCUT2D eigenvalue weighted by Crippen LogP contribution is -2.42. The van der Waals surface area contributed by atoms with Crippen molar-refractivity contribution in [1.82, 2.24) is 4.90 Å². The number of hydrogen-bond donors (Lipinski definition) is 1. The second kappa shape index (κ2) is 5.90. The summed E-state index contributed by atoms with van der Waals surface area (Å²) < 4.78 is 0.908. The number of carbonyl (C=O) groups is 2. The summed E-state index contributed by atoms with van der Waals surface area (Å²) in [4.78, 5) is 25.2. The first-order valence-corrected chi connectivity index (χ1v) is 7.35. The highest BCUT2D eigenvalue weighted by molar-refractivity contribution is 14.1. The van der Waals surface area contributed by atoms with Gasteiger partial charge >= 0.3 is 5.97 Å². The van der Waals surface area contributed by atoms with Gasteiger partial charge in [-0.15, -0.1) is 0 Å². The van der Waals surface area contributed by atoms with E-state index in [9.17, 15) is 9.59 Å². The second-order valence-corrected chi connectivity index (χ2v) is 6.07. The van der Waals surface area contributed by atoms with Crippen molar-refractivity contribution in [2.75, 3.05) is 13.1 Å². The van der Waals surface area contributed by atoms with E-state index in [0.717, 1.165) is 15.6 Å². The van der Waals surface area contributed by atoms with Crippen molar-refractivity contribution in [3.05, 3.63) is 32.9 Å². The number of rotatable bonds is 2. The number of nitrogens with zero attached hydrogens (tertiary/aromatic N) is 1. The predicted molar refractivity (Wildman–Crippen MR) is 80.2 cm³/mol. The number of aryl methyl sites for hydroxylation is 1. The molecule has 1 N–H and O–H groups in total. The summed E-state index contributed by atoms with van der Waals surface area (Å²) in [5.41, 5.74) is 1.71. The summed E-state index contributed by atoms with van der Waals surface area (Å²) in [7, 11) is 0. The van der Waals surface area contributed by atoms with Crippen LogP contribution in [0, 0.1) is 16.4 Å². The number of piperidine rings is 1. The number of hydrogen-bond acceptors (Lipinski definition) is 2. The molecular formula is C14H16INO3. The molecule has 1 fully saturated rings. The van der Waals surface area contributed by atoms with Gasteiger partial charge in [-0.2, -0.15) is 0 Å². The van der Waals surface area contributed by atoms with E-state index >= 15 is 0 Å². The number of likely N-dealkylation sites (tertiary alicyclic amines) is 1. The van der Waals surface area contributed by atoms with Crippen molar-refractivity contribution in [1.29, 1.82) is 0 Å². The molecule has 1 atom stereocenters. The fraction of sp³-hybridized carbons (Fsp3) is 0.429. The number of carboxylic acids is 1. The van der Waals surface area contributed by atoms with E-state index in [4.69, 9.17) is 5.11 Å². The molecular weight excluding hydrogens is 357 g/mol. The topological polar surface area (TPSA) is 57.6 Å². The van der Waals surface area contributed by atoms with Crippen molar-refractivity contribution in [2.24, 2.45) is 5.92 Å². The number of benzene rings is 1. The first-order valence-electron chi connectivity index (χ1n) is 6.27. The molecule has 1 aliphatic heterocycles. The lowest BCUT2D eigenvalue weighted by molar-refractivity contribution is -0.143. The number of amides is 1. The molecule has 1 aromatic carbocycles. The minimum Gasteiger partial charge on any atom is -0.481 e. The Morgan fingerprint density at radius 1 is 1.42 bits per heavy atom. The normalized spacial score (nSPS) is 19.3. The minimum absolute atomic E-state index is 0.0564. The van der Waals surface area contributed by atoms with Crippen LogP contribution >= 0.6 is 22.6 Å². The van der Waals surface area contributed by atoms with Crippen LogP contribution in [0.25, 0.3) is 0 Å². The van der Waals surface area contributed by atoms with Crippen LogP contribution in [0.2, 0.25) is 0 Å². The van der Waals surface area contributed by atoms with Gasteiger partial charge in [-0.3, -0.25) is 9.59 Å². The Hall–Kier alpha value is -1.11. The van der Waals surface area contributed by atoms with Gasteiger partial charge in [0.1, 0.15) is 0 Å². The Balaban J connectivity index is 2.19. The van der Waals surface area contributed by atoms with Crippen LogP contribution in [0.3, 0.4) is 0 Å². The van der Waals surface area contributed by atoms with E-state index in [1.165, 1.54) is 0 Å². The van der Waals surface area contributed by atoms with Gasteiger partial charge in [-0.05, 0) is 54.5 Å². The predicted octanol–water partition coefficient (Wildman–Crippen LogP) is 2.54. The third-order valence-electron chi connectivity index (χ3n) is 3.41. The molecule has 1 aromatic rings. The van der Waals surface area contributed by atoms with Crippen molar-refractivity contribution in [3.63, 3.8) is 0 Å². The Labute approximate surface area is 125 Å². The van der Waals surface area contributed by atoms with Gasteiger partial charge < -0.3 is 10.0 Å².